The van der Waals surface area contributed by atoms with Crippen LogP contribution in [-0.4, -0.2) is 9.97 Å². The van der Waals surface area contributed by atoms with Gasteiger partial charge in [0.1, 0.15) is 17.0 Å². The van der Waals surface area contributed by atoms with Crippen molar-refractivity contribution in [2.75, 3.05) is 5.32 Å². The van der Waals surface area contributed by atoms with Gasteiger partial charge in [-0.15, -0.1) is 23.7 Å². The third-order valence-electron chi connectivity index (χ3n) is 4.41. The van der Waals surface area contributed by atoms with Crippen molar-refractivity contribution in [1.82, 2.24) is 9.97 Å². The number of thiophene rings is 1. The summed E-state index contributed by atoms with van der Waals surface area (Å²) in [6.07, 6.45) is 5.26. The highest BCUT2D eigenvalue weighted by Gasteiger charge is 2.23. The number of anilines is 2. The van der Waals surface area contributed by atoms with E-state index in [1.165, 1.54) is 34.2 Å². The summed E-state index contributed by atoms with van der Waals surface area (Å²) in [6.45, 7) is 4.44. The second-order valence-corrected chi connectivity index (χ2v) is 7.33. The summed E-state index contributed by atoms with van der Waals surface area (Å²) in [5.74, 6) is 1.72. The van der Waals surface area contributed by atoms with Crippen LogP contribution in [0.3, 0.4) is 0 Å². The summed E-state index contributed by atoms with van der Waals surface area (Å²) < 4.78 is 0. The van der Waals surface area contributed by atoms with Gasteiger partial charge in [-0.2, -0.15) is 0 Å². The minimum Gasteiger partial charge on any atom is -0.340 e. The van der Waals surface area contributed by atoms with Crippen molar-refractivity contribution in [2.24, 2.45) is 5.92 Å². The average Bonchev–Trinajstić information content (AvgIpc) is 2.88. The van der Waals surface area contributed by atoms with Gasteiger partial charge in [0.05, 0.1) is 5.39 Å². The molecule has 0 amide bonds. The number of aryl methyl sites for hydroxylation is 2. The highest BCUT2D eigenvalue weighted by atomic mass is 35.5. The molecular weight excluding hydrogens is 326 g/mol. The van der Waals surface area contributed by atoms with E-state index in [9.17, 15) is 0 Å². The van der Waals surface area contributed by atoms with E-state index < -0.39 is 0 Å². The predicted octanol–water partition coefficient (Wildman–Crippen LogP) is 5.29. The molecule has 120 valence electrons. The van der Waals surface area contributed by atoms with Crippen LogP contribution >= 0.6 is 23.7 Å². The summed E-state index contributed by atoms with van der Waals surface area (Å²) >= 11 is 1.84. The van der Waals surface area contributed by atoms with Crippen molar-refractivity contribution in [3.8, 4) is 0 Å². The second kappa shape index (κ2) is 6.46. The number of fused-ring (bicyclic) bond motifs is 3. The normalized spacial score (nSPS) is 16.7. The summed E-state index contributed by atoms with van der Waals surface area (Å²) in [5.41, 5.74) is 3.81. The van der Waals surface area contributed by atoms with E-state index in [0.717, 1.165) is 28.7 Å². The van der Waals surface area contributed by atoms with Crippen LogP contribution in [-0.2, 0) is 12.8 Å². The zero-order chi connectivity index (χ0) is 15.1. The molecule has 0 saturated carbocycles. The average molecular weight is 346 g/mol. The van der Waals surface area contributed by atoms with E-state index >= 15 is 0 Å². The highest BCUT2D eigenvalue weighted by molar-refractivity contribution is 7.19. The second-order valence-electron chi connectivity index (χ2n) is 6.25. The number of halogens is 1. The lowest BCUT2D eigenvalue weighted by Gasteiger charge is -2.18. The maximum absolute atomic E-state index is 4.51. The first-order valence-electron chi connectivity index (χ1n) is 7.79. The molecule has 0 saturated heterocycles. The van der Waals surface area contributed by atoms with Crippen LogP contribution in [0.15, 0.2) is 30.6 Å². The molecule has 1 unspecified atom stereocenters. The quantitative estimate of drug-likeness (QED) is 0.685. The SMILES string of the molecule is Cc1ccc(Nc2ncnc3sc4c(c23)CCC(C)C4)cc1.Cl. The number of hydrogen-bond acceptors (Lipinski definition) is 4. The number of nitrogens with one attached hydrogen (secondary N) is 1. The molecule has 1 N–H and O–H groups in total. The van der Waals surface area contributed by atoms with Gasteiger partial charge in [0, 0.05) is 10.6 Å². The molecule has 2 aromatic heterocycles. The van der Waals surface area contributed by atoms with E-state index in [1.54, 1.807) is 6.33 Å². The fourth-order valence-electron chi connectivity index (χ4n) is 3.14. The lowest BCUT2D eigenvalue weighted by Crippen LogP contribution is -2.09. The topological polar surface area (TPSA) is 37.8 Å². The molecular formula is C18H20ClN3S. The molecule has 0 spiro atoms. The molecule has 1 aliphatic rings. The Morgan fingerprint density at radius 2 is 1.96 bits per heavy atom. The standard InChI is InChI=1S/C18H19N3S.ClH/c1-11-3-6-13(7-4-11)21-17-16-14-8-5-12(2)9-15(14)22-18(16)20-10-19-17;/h3-4,6-7,10,12H,5,8-9H2,1-2H3,(H,19,20,21);1H. The zero-order valence-electron chi connectivity index (χ0n) is 13.3. The third kappa shape index (κ3) is 3.06. The molecule has 0 bridgehead atoms. The van der Waals surface area contributed by atoms with Crippen LogP contribution in [0.4, 0.5) is 11.5 Å². The Kier molecular flexibility index (Phi) is 4.55. The lowest BCUT2D eigenvalue weighted by molar-refractivity contribution is 0.509. The van der Waals surface area contributed by atoms with Gasteiger partial charge in [0.25, 0.3) is 0 Å². The molecule has 3 aromatic rings. The maximum atomic E-state index is 4.51. The molecule has 5 heteroatoms. The van der Waals surface area contributed by atoms with Gasteiger partial charge in [-0.3, -0.25) is 0 Å². The zero-order valence-corrected chi connectivity index (χ0v) is 14.9. The summed E-state index contributed by atoms with van der Waals surface area (Å²) in [6, 6.07) is 8.44. The molecule has 3 nitrogen and oxygen atoms in total. The van der Waals surface area contributed by atoms with E-state index in [-0.39, 0.29) is 12.4 Å². The van der Waals surface area contributed by atoms with Gasteiger partial charge in [-0.05, 0) is 49.8 Å². The van der Waals surface area contributed by atoms with Gasteiger partial charge in [-0.25, -0.2) is 9.97 Å². The maximum Gasteiger partial charge on any atom is 0.142 e. The summed E-state index contributed by atoms with van der Waals surface area (Å²) in [4.78, 5) is 11.6. The largest absolute Gasteiger partial charge is 0.340 e. The molecule has 0 radical (unpaired) electrons. The molecule has 1 atom stereocenters. The Morgan fingerprint density at radius 1 is 1.17 bits per heavy atom. The first-order chi connectivity index (χ1) is 10.7. The van der Waals surface area contributed by atoms with Gasteiger partial charge in [0.2, 0.25) is 0 Å². The van der Waals surface area contributed by atoms with Crippen molar-refractivity contribution < 1.29 is 0 Å². The predicted molar refractivity (Wildman–Crippen MR) is 100 cm³/mol. The van der Waals surface area contributed by atoms with E-state index in [1.807, 2.05) is 11.3 Å². The number of aromatic nitrogens is 2. The Hall–Kier alpha value is -1.65. The Labute approximate surface area is 146 Å². The van der Waals surface area contributed by atoms with Crippen molar-refractivity contribution in [2.45, 2.75) is 33.1 Å². The van der Waals surface area contributed by atoms with Crippen molar-refractivity contribution in [3.63, 3.8) is 0 Å². The van der Waals surface area contributed by atoms with Gasteiger partial charge >= 0.3 is 0 Å². The first-order valence-corrected chi connectivity index (χ1v) is 8.61. The molecule has 0 fully saturated rings. The van der Waals surface area contributed by atoms with Crippen LogP contribution in [0.2, 0.25) is 0 Å². The van der Waals surface area contributed by atoms with Crippen molar-refractivity contribution in [3.05, 3.63) is 46.6 Å². The summed E-state index contributed by atoms with van der Waals surface area (Å²) in [7, 11) is 0. The minimum atomic E-state index is 0. The Balaban J connectivity index is 0.00000156. The molecule has 0 aliphatic heterocycles. The lowest BCUT2D eigenvalue weighted by atomic mass is 9.89. The van der Waals surface area contributed by atoms with Crippen molar-refractivity contribution >= 4 is 45.5 Å². The molecule has 23 heavy (non-hydrogen) atoms. The summed E-state index contributed by atoms with van der Waals surface area (Å²) in [5, 5.41) is 4.71. The van der Waals surface area contributed by atoms with E-state index in [0.29, 0.717) is 0 Å². The molecule has 2 heterocycles. The number of nitrogens with zero attached hydrogens (tertiary/aromatic N) is 2. The fourth-order valence-corrected chi connectivity index (χ4v) is 4.49. The van der Waals surface area contributed by atoms with Crippen LogP contribution in [0.5, 0.6) is 0 Å². The van der Waals surface area contributed by atoms with E-state index in [4.69, 9.17) is 0 Å². The first kappa shape index (κ1) is 16.2. The van der Waals surface area contributed by atoms with Gasteiger partial charge in [-0.1, -0.05) is 24.6 Å². The highest BCUT2D eigenvalue weighted by Crippen LogP contribution is 2.40. The Bertz CT molecular complexity index is 826. The smallest absolute Gasteiger partial charge is 0.142 e. The van der Waals surface area contributed by atoms with E-state index in [2.05, 4.69) is 53.4 Å². The van der Waals surface area contributed by atoms with Crippen LogP contribution in [0.1, 0.15) is 29.3 Å². The molecule has 4 rings (SSSR count). The van der Waals surface area contributed by atoms with Crippen LogP contribution < -0.4 is 5.32 Å². The Morgan fingerprint density at radius 3 is 2.74 bits per heavy atom. The molecule has 1 aliphatic carbocycles. The van der Waals surface area contributed by atoms with Crippen LogP contribution in [0, 0.1) is 12.8 Å². The fraction of sp³-hybridized carbons (Fsp3) is 0.333. The monoisotopic (exact) mass is 345 g/mol. The molecule has 1 aromatic carbocycles. The third-order valence-corrected chi connectivity index (χ3v) is 5.57. The van der Waals surface area contributed by atoms with Gasteiger partial charge < -0.3 is 5.32 Å². The number of hydrogen-bond donors (Lipinski definition) is 1. The number of benzene rings is 1. The number of rotatable bonds is 2. The van der Waals surface area contributed by atoms with Crippen molar-refractivity contribution in [1.29, 1.82) is 0 Å². The minimum absolute atomic E-state index is 0. The van der Waals surface area contributed by atoms with Gasteiger partial charge in [0.15, 0.2) is 0 Å². The van der Waals surface area contributed by atoms with Crippen LogP contribution in [0.25, 0.3) is 10.2 Å².